The smallest absolute Gasteiger partial charge is 0.251 e. The molecule has 0 unspecified atom stereocenters. The SMILES string of the molecule is C=CCNC(=O)c1ccc(NCc2ccc(C#N)o2)cc1. The van der Waals surface area contributed by atoms with Crippen molar-refractivity contribution in [2.45, 2.75) is 6.54 Å². The lowest BCUT2D eigenvalue weighted by atomic mass is 10.2. The third kappa shape index (κ3) is 3.98. The average Bonchev–Trinajstić information content (AvgIpc) is 2.99. The molecule has 2 rings (SSSR count). The molecule has 1 heterocycles. The summed E-state index contributed by atoms with van der Waals surface area (Å²) in [6.07, 6.45) is 1.63. The van der Waals surface area contributed by atoms with Crippen molar-refractivity contribution in [1.29, 1.82) is 5.26 Å². The van der Waals surface area contributed by atoms with E-state index >= 15 is 0 Å². The van der Waals surface area contributed by atoms with E-state index in [1.54, 1.807) is 30.3 Å². The first-order chi connectivity index (χ1) is 10.2. The van der Waals surface area contributed by atoms with Crippen LogP contribution in [0.25, 0.3) is 0 Å². The van der Waals surface area contributed by atoms with Crippen LogP contribution in [-0.4, -0.2) is 12.5 Å². The van der Waals surface area contributed by atoms with E-state index in [-0.39, 0.29) is 5.91 Å². The van der Waals surface area contributed by atoms with Gasteiger partial charge in [-0.3, -0.25) is 4.79 Å². The fraction of sp³-hybridized carbons (Fsp3) is 0.125. The minimum absolute atomic E-state index is 0.133. The monoisotopic (exact) mass is 281 g/mol. The Morgan fingerprint density at radius 1 is 1.29 bits per heavy atom. The van der Waals surface area contributed by atoms with Crippen LogP contribution in [0.4, 0.5) is 5.69 Å². The molecule has 21 heavy (non-hydrogen) atoms. The average molecular weight is 281 g/mol. The highest BCUT2D eigenvalue weighted by Gasteiger charge is 2.04. The molecule has 5 nitrogen and oxygen atoms in total. The Labute approximate surface area is 122 Å². The molecular weight excluding hydrogens is 266 g/mol. The Kier molecular flexibility index (Phi) is 4.78. The van der Waals surface area contributed by atoms with Crippen LogP contribution in [0.1, 0.15) is 21.9 Å². The Morgan fingerprint density at radius 3 is 2.67 bits per heavy atom. The second-order valence-electron chi connectivity index (χ2n) is 4.31. The number of benzene rings is 1. The second kappa shape index (κ2) is 6.96. The topological polar surface area (TPSA) is 78.1 Å². The quantitative estimate of drug-likeness (QED) is 0.798. The van der Waals surface area contributed by atoms with Crippen LogP contribution in [0.15, 0.2) is 53.5 Å². The van der Waals surface area contributed by atoms with Crippen LogP contribution in [0, 0.1) is 11.3 Å². The van der Waals surface area contributed by atoms with Gasteiger partial charge < -0.3 is 15.1 Å². The number of nitrogens with zero attached hydrogens (tertiary/aromatic N) is 1. The molecule has 0 aliphatic heterocycles. The Balaban J connectivity index is 1.91. The summed E-state index contributed by atoms with van der Waals surface area (Å²) in [7, 11) is 0. The summed E-state index contributed by atoms with van der Waals surface area (Å²) in [5.41, 5.74) is 1.46. The molecular formula is C16H15N3O2. The number of hydrogen-bond donors (Lipinski definition) is 2. The molecule has 2 aromatic rings. The maximum Gasteiger partial charge on any atom is 0.251 e. The molecule has 0 radical (unpaired) electrons. The second-order valence-corrected chi connectivity index (χ2v) is 4.31. The zero-order chi connectivity index (χ0) is 15.1. The van der Waals surface area contributed by atoms with E-state index in [0.717, 1.165) is 5.69 Å². The summed E-state index contributed by atoms with van der Waals surface area (Å²) in [5.74, 6) is 0.839. The molecule has 0 saturated heterocycles. The lowest BCUT2D eigenvalue weighted by molar-refractivity contribution is 0.0958. The van der Waals surface area contributed by atoms with Crippen molar-refractivity contribution in [3.63, 3.8) is 0 Å². The molecule has 106 valence electrons. The maximum atomic E-state index is 11.7. The third-order valence-electron chi connectivity index (χ3n) is 2.79. The fourth-order valence-electron chi connectivity index (χ4n) is 1.73. The van der Waals surface area contributed by atoms with Gasteiger partial charge in [0.2, 0.25) is 5.76 Å². The molecule has 0 spiro atoms. The molecule has 0 atom stereocenters. The predicted octanol–water partition coefficient (Wildman–Crippen LogP) is 2.68. The van der Waals surface area contributed by atoms with Crippen molar-refractivity contribution in [3.8, 4) is 6.07 Å². The van der Waals surface area contributed by atoms with Crippen LogP contribution >= 0.6 is 0 Å². The summed E-state index contributed by atoms with van der Waals surface area (Å²) in [6, 6.07) is 12.4. The Hall–Kier alpha value is -3.00. The number of rotatable bonds is 6. The number of carbonyl (C=O) groups excluding carboxylic acids is 1. The van der Waals surface area contributed by atoms with Crippen molar-refractivity contribution in [2.24, 2.45) is 0 Å². The molecule has 0 bridgehead atoms. The minimum atomic E-state index is -0.133. The van der Waals surface area contributed by atoms with Gasteiger partial charge in [0.1, 0.15) is 11.8 Å². The van der Waals surface area contributed by atoms with Gasteiger partial charge in [-0.25, -0.2) is 0 Å². The first kappa shape index (κ1) is 14.4. The Bertz CT molecular complexity index is 666. The lowest BCUT2D eigenvalue weighted by Crippen LogP contribution is -2.23. The van der Waals surface area contributed by atoms with Crippen molar-refractivity contribution < 1.29 is 9.21 Å². The molecule has 5 heteroatoms. The molecule has 0 aliphatic carbocycles. The number of nitrogens with one attached hydrogen (secondary N) is 2. The lowest BCUT2D eigenvalue weighted by Gasteiger charge is -2.06. The maximum absolute atomic E-state index is 11.7. The Morgan fingerprint density at radius 2 is 2.05 bits per heavy atom. The van der Waals surface area contributed by atoms with Crippen molar-refractivity contribution in [3.05, 3.63) is 66.1 Å². The summed E-state index contributed by atoms with van der Waals surface area (Å²) in [6.45, 7) is 4.47. The van der Waals surface area contributed by atoms with Gasteiger partial charge in [-0.05, 0) is 36.4 Å². The van der Waals surface area contributed by atoms with Crippen molar-refractivity contribution in [1.82, 2.24) is 5.32 Å². The van der Waals surface area contributed by atoms with E-state index in [2.05, 4.69) is 17.2 Å². The van der Waals surface area contributed by atoms with Crippen molar-refractivity contribution in [2.75, 3.05) is 11.9 Å². The number of carbonyl (C=O) groups is 1. The van der Waals surface area contributed by atoms with Crippen LogP contribution in [-0.2, 0) is 6.54 Å². The minimum Gasteiger partial charge on any atom is -0.449 e. The number of hydrogen-bond acceptors (Lipinski definition) is 4. The molecule has 1 amide bonds. The van der Waals surface area contributed by atoms with Gasteiger partial charge in [-0.1, -0.05) is 6.08 Å². The van der Waals surface area contributed by atoms with Crippen LogP contribution in [0.3, 0.4) is 0 Å². The third-order valence-corrected chi connectivity index (χ3v) is 2.79. The highest BCUT2D eigenvalue weighted by atomic mass is 16.3. The van der Waals surface area contributed by atoms with Gasteiger partial charge in [0.25, 0.3) is 5.91 Å². The van der Waals surface area contributed by atoms with Crippen LogP contribution in [0.5, 0.6) is 0 Å². The van der Waals surface area contributed by atoms with Crippen molar-refractivity contribution >= 4 is 11.6 Å². The van der Waals surface area contributed by atoms with Crippen LogP contribution in [0.2, 0.25) is 0 Å². The van der Waals surface area contributed by atoms with Gasteiger partial charge in [0.05, 0.1) is 6.54 Å². The fourth-order valence-corrected chi connectivity index (χ4v) is 1.73. The normalized spacial score (nSPS) is 9.67. The number of furan rings is 1. The highest BCUT2D eigenvalue weighted by molar-refractivity contribution is 5.94. The van der Waals surface area contributed by atoms with Gasteiger partial charge >= 0.3 is 0 Å². The first-order valence-corrected chi connectivity index (χ1v) is 6.45. The first-order valence-electron chi connectivity index (χ1n) is 6.45. The van der Waals surface area contributed by atoms with Crippen LogP contribution < -0.4 is 10.6 Å². The van der Waals surface area contributed by atoms with E-state index in [1.807, 2.05) is 18.2 Å². The molecule has 0 aliphatic rings. The molecule has 0 saturated carbocycles. The predicted molar refractivity (Wildman–Crippen MR) is 79.7 cm³/mol. The summed E-state index contributed by atoms with van der Waals surface area (Å²) < 4.78 is 5.26. The van der Waals surface area contributed by atoms with E-state index in [4.69, 9.17) is 9.68 Å². The summed E-state index contributed by atoms with van der Waals surface area (Å²) in [5, 5.41) is 14.5. The zero-order valence-electron chi connectivity index (χ0n) is 11.4. The standard InChI is InChI=1S/C16H15N3O2/c1-2-9-18-16(20)12-3-5-13(6-4-12)19-11-15-8-7-14(10-17)21-15/h2-8,19H,1,9,11H2,(H,18,20). The zero-order valence-corrected chi connectivity index (χ0v) is 11.4. The number of anilines is 1. The van der Waals surface area contributed by atoms with E-state index in [1.165, 1.54) is 0 Å². The van der Waals surface area contributed by atoms with E-state index in [0.29, 0.717) is 30.2 Å². The van der Waals surface area contributed by atoms with Gasteiger partial charge in [0.15, 0.2) is 0 Å². The molecule has 1 aromatic carbocycles. The van der Waals surface area contributed by atoms with E-state index in [9.17, 15) is 4.79 Å². The van der Waals surface area contributed by atoms with E-state index < -0.39 is 0 Å². The number of amides is 1. The summed E-state index contributed by atoms with van der Waals surface area (Å²) >= 11 is 0. The molecule has 0 fully saturated rings. The summed E-state index contributed by atoms with van der Waals surface area (Å²) in [4.78, 5) is 11.7. The molecule has 1 aromatic heterocycles. The van der Waals surface area contributed by atoms with Gasteiger partial charge in [-0.15, -0.1) is 6.58 Å². The van der Waals surface area contributed by atoms with Gasteiger partial charge in [-0.2, -0.15) is 5.26 Å². The molecule has 2 N–H and O–H groups in total. The number of nitriles is 1. The van der Waals surface area contributed by atoms with Gasteiger partial charge in [0, 0.05) is 17.8 Å². The largest absolute Gasteiger partial charge is 0.449 e. The highest BCUT2D eigenvalue weighted by Crippen LogP contribution is 2.13.